The molecule has 0 N–H and O–H groups in total. The molecule has 0 radical (unpaired) electrons. The number of hydrogen-bond donors (Lipinski definition) is 0. The second-order valence-corrected chi connectivity index (χ2v) is 4.65. The maximum absolute atomic E-state index is 4.15. The van der Waals surface area contributed by atoms with Crippen molar-refractivity contribution in [2.45, 2.75) is 47.1 Å². The van der Waals surface area contributed by atoms with Crippen LogP contribution in [0.1, 0.15) is 39.8 Å². The largest absolute Gasteiger partial charge is 0.252 e. The lowest BCUT2D eigenvalue weighted by Crippen LogP contribution is -2.04. The third-order valence-corrected chi connectivity index (χ3v) is 2.09. The van der Waals surface area contributed by atoms with Crippen LogP contribution >= 0.6 is 0 Å². The van der Waals surface area contributed by atoms with Gasteiger partial charge in [0.25, 0.3) is 0 Å². The highest BCUT2D eigenvalue weighted by Gasteiger charge is 2.01. The van der Waals surface area contributed by atoms with E-state index in [1.807, 2.05) is 4.68 Å². The van der Waals surface area contributed by atoms with Crippen molar-refractivity contribution in [2.75, 3.05) is 0 Å². The third kappa shape index (κ3) is 4.77. The van der Waals surface area contributed by atoms with Crippen molar-refractivity contribution < 1.29 is 0 Å². The van der Waals surface area contributed by atoms with Gasteiger partial charge >= 0.3 is 0 Å². The number of allylic oxidation sites excluding steroid dienone is 2. The molecule has 1 aromatic heterocycles. The van der Waals surface area contributed by atoms with Crippen molar-refractivity contribution in [3.63, 3.8) is 0 Å². The summed E-state index contributed by atoms with van der Waals surface area (Å²) in [5.74, 6) is 0.623. The monoisotopic (exact) mass is 207 g/mol. The van der Waals surface area contributed by atoms with Crippen LogP contribution < -0.4 is 0 Å². The molecule has 3 nitrogen and oxygen atoms in total. The Morgan fingerprint density at radius 3 is 2.80 bits per heavy atom. The zero-order valence-corrected chi connectivity index (χ0v) is 10.2. The first kappa shape index (κ1) is 12.0. The predicted molar refractivity (Wildman–Crippen MR) is 62.6 cm³/mol. The predicted octanol–water partition coefficient (Wildman–Crippen LogP) is 2.83. The molecule has 0 aliphatic heterocycles. The van der Waals surface area contributed by atoms with Gasteiger partial charge in [0.15, 0.2) is 0 Å². The fourth-order valence-electron chi connectivity index (χ4n) is 1.43. The van der Waals surface area contributed by atoms with Crippen LogP contribution in [0.15, 0.2) is 17.8 Å². The molecule has 0 spiro atoms. The summed E-state index contributed by atoms with van der Waals surface area (Å²) < 4.78 is 1.93. The van der Waals surface area contributed by atoms with Gasteiger partial charge in [-0.25, -0.2) is 0 Å². The number of rotatable bonds is 5. The van der Waals surface area contributed by atoms with Crippen molar-refractivity contribution in [1.29, 1.82) is 0 Å². The summed E-state index contributed by atoms with van der Waals surface area (Å²) in [6.45, 7) is 9.57. The van der Waals surface area contributed by atoms with E-state index in [4.69, 9.17) is 0 Å². The Labute approximate surface area is 92.2 Å². The fourth-order valence-corrected chi connectivity index (χ4v) is 1.43. The second-order valence-electron chi connectivity index (χ2n) is 4.65. The molecule has 0 saturated heterocycles. The summed E-state index contributed by atoms with van der Waals surface area (Å²) in [6, 6.07) is 0. The molecule has 1 heterocycles. The van der Waals surface area contributed by atoms with Crippen molar-refractivity contribution in [3.05, 3.63) is 23.5 Å². The van der Waals surface area contributed by atoms with Gasteiger partial charge < -0.3 is 0 Å². The molecular formula is C12H21N3. The van der Waals surface area contributed by atoms with Gasteiger partial charge in [-0.15, -0.1) is 5.10 Å². The van der Waals surface area contributed by atoms with E-state index in [9.17, 15) is 0 Å². The minimum Gasteiger partial charge on any atom is -0.252 e. The molecule has 0 atom stereocenters. The van der Waals surface area contributed by atoms with Crippen molar-refractivity contribution in [2.24, 2.45) is 5.92 Å². The molecular weight excluding hydrogens is 186 g/mol. The van der Waals surface area contributed by atoms with Gasteiger partial charge in [0.2, 0.25) is 0 Å². The first-order chi connectivity index (χ1) is 7.08. The SMILES string of the molecule is CC(C)=CCCc1cn(CC(C)C)nn1. The van der Waals surface area contributed by atoms with Gasteiger partial charge in [-0.3, -0.25) is 4.68 Å². The minimum absolute atomic E-state index is 0.623. The van der Waals surface area contributed by atoms with Crippen molar-refractivity contribution in [3.8, 4) is 0 Å². The molecule has 0 amide bonds. The maximum atomic E-state index is 4.15. The van der Waals surface area contributed by atoms with E-state index in [1.165, 1.54) is 5.57 Å². The van der Waals surface area contributed by atoms with Gasteiger partial charge in [0.1, 0.15) is 0 Å². The van der Waals surface area contributed by atoms with Crippen molar-refractivity contribution >= 4 is 0 Å². The second kappa shape index (κ2) is 5.69. The van der Waals surface area contributed by atoms with Crippen LogP contribution in [0, 0.1) is 5.92 Å². The fraction of sp³-hybridized carbons (Fsp3) is 0.667. The number of aromatic nitrogens is 3. The van der Waals surface area contributed by atoms with E-state index in [0.717, 1.165) is 25.1 Å². The summed E-state index contributed by atoms with van der Waals surface area (Å²) in [5, 5.41) is 8.25. The van der Waals surface area contributed by atoms with Crippen LogP contribution in [0.5, 0.6) is 0 Å². The Hall–Kier alpha value is -1.12. The molecule has 0 aliphatic rings. The normalized spacial score (nSPS) is 10.7. The number of hydrogen-bond acceptors (Lipinski definition) is 2. The molecule has 3 heteroatoms. The van der Waals surface area contributed by atoms with E-state index in [1.54, 1.807) is 0 Å². The van der Waals surface area contributed by atoms with E-state index in [-0.39, 0.29) is 0 Å². The molecule has 0 saturated carbocycles. The molecule has 0 fully saturated rings. The highest BCUT2D eigenvalue weighted by Crippen LogP contribution is 2.03. The zero-order valence-electron chi connectivity index (χ0n) is 10.2. The molecule has 0 aliphatic carbocycles. The Morgan fingerprint density at radius 1 is 1.47 bits per heavy atom. The summed E-state index contributed by atoms with van der Waals surface area (Å²) >= 11 is 0. The third-order valence-electron chi connectivity index (χ3n) is 2.09. The lowest BCUT2D eigenvalue weighted by atomic mass is 10.2. The van der Waals surface area contributed by atoms with Crippen LogP contribution in [0.25, 0.3) is 0 Å². The summed E-state index contributed by atoms with van der Waals surface area (Å²) in [6.07, 6.45) is 6.34. The summed E-state index contributed by atoms with van der Waals surface area (Å²) in [5.41, 5.74) is 2.46. The smallest absolute Gasteiger partial charge is 0.0830 e. The Kier molecular flexibility index (Phi) is 4.53. The number of aryl methyl sites for hydroxylation is 1. The lowest BCUT2D eigenvalue weighted by Gasteiger charge is -2.01. The first-order valence-electron chi connectivity index (χ1n) is 5.60. The Bertz CT molecular complexity index is 319. The maximum Gasteiger partial charge on any atom is 0.0830 e. The summed E-state index contributed by atoms with van der Waals surface area (Å²) in [4.78, 5) is 0. The van der Waals surface area contributed by atoms with Crippen LogP contribution in [0.4, 0.5) is 0 Å². The van der Waals surface area contributed by atoms with E-state index in [2.05, 4.69) is 50.3 Å². The zero-order chi connectivity index (χ0) is 11.3. The molecule has 0 unspecified atom stereocenters. The standard InChI is InChI=1S/C12H21N3/c1-10(2)6-5-7-12-9-15(14-13-12)8-11(3)4/h6,9,11H,5,7-8H2,1-4H3. The summed E-state index contributed by atoms with van der Waals surface area (Å²) in [7, 11) is 0. The van der Waals surface area contributed by atoms with Crippen molar-refractivity contribution in [1.82, 2.24) is 15.0 Å². The van der Waals surface area contributed by atoms with Crippen LogP contribution in [-0.2, 0) is 13.0 Å². The van der Waals surface area contributed by atoms with Gasteiger partial charge in [0, 0.05) is 12.7 Å². The molecule has 1 aromatic rings. The Morgan fingerprint density at radius 2 is 2.20 bits per heavy atom. The highest BCUT2D eigenvalue weighted by molar-refractivity contribution is 4.99. The topological polar surface area (TPSA) is 30.7 Å². The quantitative estimate of drug-likeness (QED) is 0.695. The average molecular weight is 207 g/mol. The van der Waals surface area contributed by atoms with E-state index < -0.39 is 0 Å². The molecule has 84 valence electrons. The molecule has 15 heavy (non-hydrogen) atoms. The van der Waals surface area contributed by atoms with Gasteiger partial charge in [-0.05, 0) is 32.6 Å². The lowest BCUT2D eigenvalue weighted by molar-refractivity contribution is 0.472. The first-order valence-corrected chi connectivity index (χ1v) is 5.60. The molecule has 0 aromatic carbocycles. The van der Waals surface area contributed by atoms with Gasteiger partial charge in [-0.2, -0.15) is 0 Å². The Balaban J connectivity index is 2.42. The molecule has 0 bridgehead atoms. The van der Waals surface area contributed by atoms with E-state index >= 15 is 0 Å². The number of nitrogens with zero attached hydrogens (tertiary/aromatic N) is 3. The average Bonchev–Trinajstić information content (AvgIpc) is 2.50. The van der Waals surface area contributed by atoms with Gasteiger partial charge in [-0.1, -0.05) is 30.7 Å². The molecule has 1 rings (SSSR count). The van der Waals surface area contributed by atoms with Crippen LogP contribution in [0.2, 0.25) is 0 Å². The van der Waals surface area contributed by atoms with E-state index in [0.29, 0.717) is 5.92 Å². The van der Waals surface area contributed by atoms with Gasteiger partial charge in [0.05, 0.1) is 5.69 Å². The van der Waals surface area contributed by atoms with Crippen LogP contribution in [-0.4, -0.2) is 15.0 Å². The highest BCUT2D eigenvalue weighted by atomic mass is 15.4. The van der Waals surface area contributed by atoms with Crippen LogP contribution in [0.3, 0.4) is 0 Å². The minimum atomic E-state index is 0.623.